The topological polar surface area (TPSA) is 104 Å². The van der Waals surface area contributed by atoms with Gasteiger partial charge in [0.25, 0.3) is 0 Å². The monoisotopic (exact) mass is 315 g/mol. The number of hydrogen-bond donors (Lipinski definition) is 3. The summed E-state index contributed by atoms with van der Waals surface area (Å²) in [6, 6.07) is 1.90. The van der Waals surface area contributed by atoms with E-state index in [0.29, 0.717) is 12.0 Å². The molecule has 0 saturated heterocycles. The van der Waals surface area contributed by atoms with E-state index in [4.69, 9.17) is 5.11 Å². The van der Waals surface area contributed by atoms with Crippen molar-refractivity contribution in [2.75, 3.05) is 0 Å². The van der Waals surface area contributed by atoms with Gasteiger partial charge < -0.3 is 10.2 Å². The Morgan fingerprint density at radius 1 is 1.33 bits per heavy atom. The molecule has 1 unspecified atom stereocenters. The van der Waals surface area contributed by atoms with Gasteiger partial charge in [0.2, 0.25) is 10.0 Å². The molecule has 7 heteroatoms. The van der Waals surface area contributed by atoms with Gasteiger partial charge in [0, 0.05) is 6.04 Å². The maximum Gasteiger partial charge on any atom is 0.339 e. The SMILES string of the molecule is CCC(NS(=O)(=O)c1cc(C(=O)O)c(O)cc1C)C(C)C. The van der Waals surface area contributed by atoms with Crippen LogP contribution in [0.2, 0.25) is 0 Å². The Morgan fingerprint density at radius 3 is 2.33 bits per heavy atom. The highest BCUT2D eigenvalue weighted by atomic mass is 32.2. The van der Waals surface area contributed by atoms with Crippen molar-refractivity contribution in [3.05, 3.63) is 23.3 Å². The molecule has 0 fully saturated rings. The molecule has 0 aliphatic heterocycles. The van der Waals surface area contributed by atoms with Crippen molar-refractivity contribution in [3.8, 4) is 5.75 Å². The second-order valence-corrected chi connectivity index (χ2v) is 7.00. The van der Waals surface area contributed by atoms with Gasteiger partial charge >= 0.3 is 5.97 Å². The minimum Gasteiger partial charge on any atom is -0.507 e. The molecule has 1 rings (SSSR count). The fourth-order valence-electron chi connectivity index (χ4n) is 2.09. The largest absolute Gasteiger partial charge is 0.507 e. The molecule has 0 saturated carbocycles. The molecule has 0 aromatic heterocycles. The Balaban J connectivity index is 3.31. The minimum atomic E-state index is -3.84. The second-order valence-electron chi connectivity index (χ2n) is 5.32. The van der Waals surface area contributed by atoms with E-state index in [0.717, 1.165) is 12.1 Å². The number of aromatic hydroxyl groups is 1. The van der Waals surface area contributed by atoms with E-state index in [-0.39, 0.29) is 16.9 Å². The molecule has 1 aromatic rings. The van der Waals surface area contributed by atoms with Crippen molar-refractivity contribution < 1.29 is 23.4 Å². The van der Waals surface area contributed by atoms with Crippen molar-refractivity contribution in [3.63, 3.8) is 0 Å². The van der Waals surface area contributed by atoms with Crippen LogP contribution in [0.4, 0.5) is 0 Å². The molecule has 0 radical (unpaired) electrons. The highest BCUT2D eigenvalue weighted by Crippen LogP contribution is 2.26. The lowest BCUT2D eigenvalue weighted by atomic mass is 10.0. The van der Waals surface area contributed by atoms with E-state index in [9.17, 15) is 18.3 Å². The van der Waals surface area contributed by atoms with Crippen LogP contribution in [0.5, 0.6) is 5.75 Å². The summed E-state index contributed by atoms with van der Waals surface area (Å²) in [5.74, 6) is -1.71. The average Bonchev–Trinajstić information content (AvgIpc) is 2.34. The normalized spacial score (nSPS) is 13.4. The first-order valence-electron chi connectivity index (χ1n) is 6.69. The molecule has 1 atom stereocenters. The summed E-state index contributed by atoms with van der Waals surface area (Å²) in [5.41, 5.74) is -0.137. The van der Waals surface area contributed by atoms with Crippen molar-refractivity contribution in [1.82, 2.24) is 4.72 Å². The van der Waals surface area contributed by atoms with Gasteiger partial charge in [-0.25, -0.2) is 17.9 Å². The van der Waals surface area contributed by atoms with Gasteiger partial charge in [-0.1, -0.05) is 20.8 Å². The van der Waals surface area contributed by atoms with Gasteiger partial charge in [-0.3, -0.25) is 0 Å². The zero-order valence-corrected chi connectivity index (χ0v) is 13.4. The Bertz CT molecular complexity index is 637. The maximum absolute atomic E-state index is 12.4. The summed E-state index contributed by atoms with van der Waals surface area (Å²) in [6.45, 7) is 7.20. The van der Waals surface area contributed by atoms with E-state index in [1.807, 2.05) is 20.8 Å². The first kappa shape index (κ1) is 17.5. The fraction of sp³-hybridized carbons (Fsp3) is 0.500. The summed E-state index contributed by atoms with van der Waals surface area (Å²) in [4.78, 5) is 10.9. The number of nitrogens with one attached hydrogen (secondary N) is 1. The van der Waals surface area contributed by atoms with Crippen molar-refractivity contribution in [1.29, 1.82) is 0 Å². The van der Waals surface area contributed by atoms with Gasteiger partial charge in [0.05, 0.1) is 4.90 Å². The van der Waals surface area contributed by atoms with E-state index < -0.39 is 27.3 Å². The highest BCUT2D eigenvalue weighted by molar-refractivity contribution is 7.89. The van der Waals surface area contributed by atoms with Gasteiger partial charge in [-0.05, 0) is 37.0 Å². The Kier molecular flexibility index (Phi) is 5.36. The Hall–Kier alpha value is -1.60. The van der Waals surface area contributed by atoms with Crippen LogP contribution in [-0.2, 0) is 10.0 Å². The molecule has 3 N–H and O–H groups in total. The third kappa shape index (κ3) is 3.95. The molecular weight excluding hydrogens is 294 g/mol. The molecule has 0 spiro atoms. The molecule has 1 aromatic carbocycles. The van der Waals surface area contributed by atoms with E-state index in [1.165, 1.54) is 6.92 Å². The third-order valence-electron chi connectivity index (χ3n) is 3.36. The molecule has 118 valence electrons. The molecule has 6 nitrogen and oxygen atoms in total. The lowest BCUT2D eigenvalue weighted by Gasteiger charge is -2.21. The summed E-state index contributed by atoms with van der Waals surface area (Å²) >= 11 is 0. The van der Waals surface area contributed by atoms with Crippen LogP contribution in [0.1, 0.15) is 43.1 Å². The van der Waals surface area contributed by atoms with Gasteiger partial charge in [0.15, 0.2) is 0 Å². The number of carbonyl (C=O) groups is 1. The lowest BCUT2D eigenvalue weighted by Crippen LogP contribution is -2.38. The van der Waals surface area contributed by atoms with Crippen LogP contribution >= 0.6 is 0 Å². The van der Waals surface area contributed by atoms with Crippen molar-refractivity contribution in [2.24, 2.45) is 5.92 Å². The zero-order chi connectivity index (χ0) is 16.4. The quantitative estimate of drug-likeness (QED) is 0.746. The number of sulfonamides is 1. The average molecular weight is 315 g/mol. The highest BCUT2D eigenvalue weighted by Gasteiger charge is 2.25. The van der Waals surface area contributed by atoms with Crippen LogP contribution in [0.25, 0.3) is 0 Å². The first-order valence-corrected chi connectivity index (χ1v) is 8.17. The third-order valence-corrected chi connectivity index (χ3v) is 5.00. The molecular formula is C14H21NO5S. The van der Waals surface area contributed by atoms with Crippen LogP contribution in [-0.4, -0.2) is 30.6 Å². The van der Waals surface area contributed by atoms with Crippen LogP contribution < -0.4 is 4.72 Å². The van der Waals surface area contributed by atoms with Gasteiger partial charge in [-0.15, -0.1) is 0 Å². The summed E-state index contributed by atoms with van der Waals surface area (Å²) in [7, 11) is -3.84. The standard InChI is InChI=1S/C14H21NO5S/c1-5-11(8(2)3)15-21(19,20)13-7-10(14(17)18)12(16)6-9(13)4/h6-8,11,15-16H,5H2,1-4H3,(H,17,18). The number of carboxylic acid groups (broad SMARTS) is 1. The smallest absolute Gasteiger partial charge is 0.339 e. The summed E-state index contributed by atoms with van der Waals surface area (Å²) in [5, 5.41) is 18.6. The van der Waals surface area contributed by atoms with E-state index in [1.54, 1.807) is 0 Å². The maximum atomic E-state index is 12.4. The van der Waals surface area contributed by atoms with E-state index in [2.05, 4.69) is 4.72 Å². The molecule has 0 bridgehead atoms. The van der Waals surface area contributed by atoms with E-state index >= 15 is 0 Å². The second kappa shape index (κ2) is 6.44. The number of rotatable bonds is 6. The number of aryl methyl sites for hydroxylation is 1. The lowest BCUT2D eigenvalue weighted by molar-refractivity contribution is 0.0693. The number of benzene rings is 1. The Morgan fingerprint density at radius 2 is 1.90 bits per heavy atom. The first-order chi connectivity index (χ1) is 9.60. The fourth-order valence-corrected chi connectivity index (χ4v) is 3.81. The molecule has 0 aliphatic rings. The molecule has 0 amide bonds. The molecule has 0 heterocycles. The number of carboxylic acids is 1. The zero-order valence-electron chi connectivity index (χ0n) is 12.5. The summed E-state index contributed by atoms with van der Waals surface area (Å²) < 4.78 is 27.4. The minimum absolute atomic E-state index is 0.112. The number of aromatic carboxylic acids is 1. The predicted octanol–water partition coefficient (Wildman–Crippen LogP) is 2.11. The van der Waals surface area contributed by atoms with Crippen LogP contribution in [0.3, 0.4) is 0 Å². The van der Waals surface area contributed by atoms with Gasteiger partial charge in [0.1, 0.15) is 11.3 Å². The van der Waals surface area contributed by atoms with Gasteiger partial charge in [-0.2, -0.15) is 0 Å². The Labute approximate surface area is 124 Å². The summed E-state index contributed by atoms with van der Waals surface area (Å²) in [6.07, 6.45) is 0.625. The van der Waals surface area contributed by atoms with Crippen LogP contribution in [0, 0.1) is 12.8 Å². The predicted molar refractivity (Wildman–Crippen MR) is 79.0 cm³/mol. The van der Waals surface area contributed by atoms with Crippen molar-refractivity contribution >= 4 is 16.0 Å². The molecule has 21 heavy (non-hydrogen) atoms. The van der Waals surface area contributed by atoms with Crippen molar-refractivity contribution in [2.45, 2.75) is 45.1 Å². The number of hydrogen-bond acceptors (Lipinski definition) is 4. The number of phenols is 1. The molecule has 0 aliphatic carbocycles. The van der Waals surface area contributed by atoms with Crippen LogP contribution in [0.15, 0.2) is 17.0 Å².